The van der Waals surface area contributed by atoms with Gasteiger partial charge in [-0.15, -0.1) is 0 Å². The number of likely N-dealkylation sites (tertiary alicyclic amines) is 1. The van der Waals surface area contributed by atoms with Crippen molar-refractivity contribution in [3.63, 3.8) is 0 Å². The van der Waals surface area contributed by atoms with E-state index in [1.54, 1.807) is 6.08 Å². The molecule has 0 aromatic rings. The van der Waals surface area contributed by atoms with Crippen molar-refractivity contribution in [1.82, 2.24) is 4.90 Å². The zero-order valence-corrected chi connectivity index (χ0v) is 11.0. The number of carbonyl (C=O) groups excluding carboxylic acids is 1. The number of likely N-dealkylation sites (N-methyl/N-ethyl adjacent to an activating group) is 1. The highest BCUT2D eigenvalue weighted by Gasteiger charge is 2.31. The van der Waals surface area contributed by atoms with E-state index in [1.807, 2.05) is 13.0 Å². The molecule has 2 rings (SSSR count). The van der Waals surface area contributed by atoms with E-state index >= 15 is 0 Å². The first kappa shape index (κ1) is 12.3. The Balaban J connectivity index is 2.13. The summed E-state index contributed by atoms with van der Waals surface area (Å²) in [6.07, 6.45) is 6.02. The SMILES string of the molecule is CCN1C(=O)/C(=C/C=C2\CCC[NH+]2C)OC1=S. The second-order valence-corrected chi connectivity index (χ2v) is 4.62. The molecule has 0 aliphatic carbocycles. The molecule has 1 atom stereocenters. The smallest absolute Gasteiger partial charge is 0.297 e. The quantitative estimate of drug-likeness (QED) is 0.565. The van der Waals surface area contributed by atoms with Gasteiger partial charge in [0.1, 0.15) is 5.70 Å². The Bertz CT molecular complexity index is 415. The number of thiocarbonyl (C=S) groups is 1. The van der Waals surface area contributed by atoms with Crippen molar-refractivity contribution in [2.24, 2.45) is 0 Å². The summed E-state index contributed by atoms with van der Waals surface area (Å²) in [5.41, 5.74) is 1.31. The van der Waals surface area contributed by atoms with Crippen LogP contribution in [0, 0.1) is 0 Å². The van der Waals surface area contributed by atoms with Crippen molar-refractivity contribution < 1.29 is 14.4 Å². The van der Waals surface area contributed by atoms with Crippen LogP contribution >= 0.6 is 12.2 Å². The predicted octanol–water partition coefficient (Wildman–Crippen LogP) is 0.226. The van der Waals surface area contributed by atoms with Crippen LogP contribution < -0.4 is 4.90 Å². The summed E-state index contributed by atoms with van der Waals surface area (Å²) in [6.45, 7) is 3.59. The molecule has 0 aromatic carbocycles. The average Bonchev–Trinajstić information content (AvgIpc) is 2.81. The summed E-state index contributed by atoms with van der Waals surface area (Å²) >= 11 is 4.98. The zero-order valence-electron chi connectivity index (χ0n) is 10.2. The molecule has 2 aliphatic heterocycles. The number of allylic oxidation sites excluding steroid dienone is 3. The van der Waals surface area contributed by atoms with E-state index in [2.05, 4.69) is 7.05 Å². The number of hydrogen-bond donors (Lipinski definition) is 1. The minimum absolute atomic E-state index is 0.134. The van der Waals surface area contributed by atoms with E-state index in [0.29, 0.717) is 12.3 Å². The maximum atomic E-state index is 11.8. The van der Waals surface area contributed by atoms with Crippen LogP contribution in [0.2, 0.25) is 0 Å². The van der Waals surface area contributed by atoms with E-state index in [1.165, 1.54) is 21.9 Å². The second-order valence-electron chi connectivity index (χ2n) is 4.27. The van der Waals surface area contributed by atoms with Crippen molar-refractivity contribution in [2.45, 2.75) is 19.8 Å². The van der Waals surface area contributed by atoms with Crippen LogP contribution in [0.3, 0.4) is 0 Å². The van der Waals surface area contributed by atoms with Gasteiger partial charge in [-0.05, 0) is 31.3 Å². The van der Waals surface area contributed by atoms with Crippen molar-refractivity contribution in [2.75, 3.05) is 20.1 Å². The summed E-state index contributed by atoms with van der Waals surface area (Å²) in [5, 5.41) is 0.259. The maximum Gasteiger partial charge on any atom is 0.297 e. The fourth-order valence-electron chi connectivity index (χ4n) is 2.11. The van der Waals surface area contributed by atoms with Crippen LogP contribution in [-0.2, 0) is 9.53 Å². The van der Waals surface area contributed by atoms with Crippen LogP contribution in [0.4, 0.5) is 0 Å². The number of quaternary nitrogens is 1. The molecule has 5 heteroatoms. The van der Waals surface area contributed by atoms with Gasteiger partial charge in [-0.2, -0.15) is 0 Å². The summed E-state index contributed by atoms with van der Waals surface area (Å²) in [7, 11) is 2.14. The fraction of sp³-hybridized carbons (Fsp3) is 0.500. The lowest BCUT2D eigenvalue weighted by atomic mass is 10.3. The number of hydrogen-bond acceptors (Lipinski definition) is 3. The minimum Gasteiger partial charge on any atom is -0.426 e. The summed E-state index contributed by atoms with van der Waals surface area (Å²) in [4.78, 5) is 14.7. The van der Waals surface area contributed by atoms with Crippen molar-refractivity contribution >= 4 is 23.3 Å². The number of rotatable bonds is 2. The Morgan fingerprint density at radius 1 is 1.53 bits per heavy atom. The van der Waals surface area contributed by atoms with Crippen molar-refractivity contribution in [3.8, 4) is 0 Å². The highest BCUT2D eigenvalue weighted by Crippen LogP contribution is 2.17. The first-order valence-corrected chi connectivity index (χ1v) is 6.31. The zero-order chi connectivity index (χ0) is 12.4. The normalized spacial score (nSPS) is 29.5. The van der Waals surface area contributed by atoms with E-state index in [4.69, 9.17) is 17.0 Å². The van der Waals surface area contributed by atoms with E-state index in [-0.39, 0.29) is 11.1 Å². The van der Waals surface area contributed by atoms with E-state index in [9.17, 15) is 4.79 Å². The molecule has 2 fully saturated rings. The number of nitrogens with one attached hydrogen (secondary N) is 1. The molecule has 4 nitrogen and oxygen atoms in total. The summed E-state index contributed by atoms with van der Waals surface area (Å²) in [5.74, 6) is 0.203. The Morgan fingerprint density at radius 3 is 2.82 bits per heavy atom. The summed E-state index contributed by atoms with van der Waals surface area (Å²) in [6, 6.07) is 0. The topological polar surface area (TPSA) is 34.0 Å². The van der Waals surface area contributed by atoms with Crippen LogP contribution in [0.5, 0.6) is 0 Å². The maximum absolute atomic E-state index is 11.8. The molecule has 0 saturated carbocycles. The number of nitrogens with zero attached hydrogens (tertiary/aromatic N) is 1. The third-order valence-electron chi connectivity index (χ3n) is 3.17. The fourth-order valence-corrected chi connectivity index (χ4v) is 2.41. The van der Waals surface area contributed by atoms with E-state index in [0.717, 1.165) is 13.0 Å². The third-order valence-corrected chi connectivity index (χ3v) is 3.48. The Labute approximate surface area is 107 Å². The van der Waals surface area contributed by atoms with Crippen LogP contribution in [0.25, 0.3) is 0 Å². The highest BCUT2D eigenvalue weighted by atomic mass is 32.1. The van der Waals surface area contributed by atoms with Crippen molar-refractivity contribution in [1.29, 1.82) is 0 Å². The Kier molecular flexibility index (Phi) is 3.59. The number of ether oxygens (including phenoxy) is 1. The third kappa shape index (κ3) is 2.40. The Hall–Kier alpha value is -1.20. The Morgan fingerprint density at radius 2 is 2.29 bits per heavy atom. The predicted molar refractivity (Wildman–Crippen MR) is 68.2 cm³/mol. The van der Waals surface area contributed by atoms with Gasteiger partial charge < -0.3 is 9.64 Å². The van der Waals surface area contributed by atoms with Crippen molar-refractivity contribution in [3.05, 3.63) is 23.6 Å². The van der Waals surface area contributed by atoms with Gasteiger partial charge >= 0.3 is 0 Å². The van der Waals surface area contributed by atoms with Crippen LogP contribution in [0.15, 0.2) is 23.6 Å². The van der Waals surface area contributed by atoms with Gasteiger partial charge in [0.05, 0.1) is 13.6 Å². The highest BCUT2D eigenvalue weighted by molar-refractivity contribution is 7.80. The molecule has 1 unspecified atom stereocenters. The molecule has 2 heterocycles. The van der Waals surface area contributed by atoms with Crippen LogP contribution in [0.1, 0.15) is 19.8 Å². The molecule has 0 spiro atoms. The molecule has 0 aromatic heterocycles. The molecular formula is C12H17N2O2S+. The van der Waals surface area contributed by atoms with E-state index < -0.39 is 0 Å². The molecule has 0 bridgehead atoms. The monoisotopic (exact) mass is 253 g/mol. The molecular weight excluding hydrogens is 236 g/mol. The van der Waals surface area contributed by atoms with Crippen LogP contribution in [-0.4, -0.2) is 36.1 Å². The lowest BCUT2D eigenvalue weighted by Crippen LogP contribution is -3.04. The molecule has 1 amide bonds. The molecule has 2 saturated heterocycles. The molecule has 0 radical (unpaired) electrons. The molecule has 1 N–H and O–H groups in total. The van der Waals surface area contributed by atoms with Gasteiger partial charge in [-0.3, -0.25) is 9.69 Å². The number of amides is 1. The first-order valence-electron chi connectivity index (χ1n) is 5.90. The van der Waals surface area contributed by atoms with Gasteiger partial charge in [0.25, 0.3) is 11.1 Å². The lowest BCUT2D eigenvalue weighted by Gasteiger charge is -2.06. The standard InChI is InChI=1S/C12H16N2O2S/c1-3-14-11(15)10(16-12(14)17)7-6-9-5-4-8-13(9)2/h6-7H,3-5,8H2,1-2H3/p+1/b9-6+,10-7-. The van der Waals surface area contributed by atoms with Gasteiger partial charge in [-0.25, -0.2) is 0 Å². The lowest BCUT2D eigenvalue weighted by molar-refractivity contribution is -0.828. The largest absolute Gasteiger partial charge is 0.426 e. The summed E-state index contributed by atoms with van der Waals surface area (Å²) < 4.78 is 5.29. The molecule has 2 aliphatic rings. The average molecular weight is 253 g/mol. The molecule has 17 heavy (non-hydrogen) atoms. The first-order chi connectivity index (χ1) is 8.13. The van der Waals surface area contributed by atoms with Gasteiger partial charge in [0.2, 0.25) is 0 Å². The van der Waals surface area contributed by atoms with Gasteiger partial charge in [-0.1, -0.05) is 0 Å². The minimum atomic E-state index is -0.134. The van der Waals surface area contributed by atoms with Gasteiger partial charge in [0.15, 0.2) is 5.76 Å². The molecule has 92 valence electrons. The second kappa shape index (κ2) is 4.98. The number of carbonyl (C=O) groups is 1. The van der Waals surface area contributed by atoms with Gasteiger partial charge in [0, 0.05) is 19.4 Å².